The number of halogens is 2. The molecule has 0 N–H and O–H groups in total. The largest absolute Gasteiger partial charge is 0.270 e. The zero-order valence-electron chi connectivity index (χ0n) is 16.1. The van der Waals surface area contributed by atoms with E-state index in [4.69, 9.17) is 23.2 Å². The Morgan fingerprint density at radius 2 is 1.38 bits per heavy atom. The third-order valence-electron chi connectivity index (χ3n) is 4.64. The standard InChI is InChI=1S/C23H19Cl2N3S/c1-15-6-10-17(11-7-15)22-26-27-23(28(22)18-12-8-16(2)9-13-18)29-14-19-20(24)4-3-5-21(19)25/h3-13H,14H2,1-2H3. The quantitative estimate of drug-likeness (QED) is 0.309. The third-order valence-corrected chi connectivity index (χ3v) is 6.31. The Hall–Kier alpha value is -2.27. The van der Waals surface area contributed by atoms with Gasteiger partial charge in [0.15, 0.2) is 11.0 Å². The Morgan fingerprint density at radius 3 is 2.00 bits per heavy atom. The number of thioether (sulfide) groups is 1. The summed E-state index contributed by atoms with van der Waals surface area (Å²) in [5, 5.41) is 11.1. The van der Waals surface area contributed by atoms with Gasteiger partial charge >= 0.3 is 0 Å². The first-order valence-corrected chi connectivity index (χ1v) is 10.9. The van der Waals surface area contributed by atoms with E-state index in [1.165, 1.54) is 11.1 Å². The second kappa shape index (κ2) is 8.62. The van der Waals surface area contributed by atoms with Gasteiger partial charge in [-0.25, -0.2) is 0 Å². The molecule has 0 spiro atoms. The van der Waals surface area contributed by atoms with Crippen LogP contribution >= 0.6 is 35.0 Å². The second-order valence-corrected chi connectivity index (χ2v) is 8.59. The summed E-state index contributed by atoms with van der Waals surface area (Å²) >= 11 is 14.3. The van der Waals surface area contributed by atoms with Gasteiger partial charge in [-0.2, -0.15) is 0 Å². The lowest BCUT2D eigenvalue weighted by atomic mass is 10.1. The highest BCUT2D eigenvalue weighted by molar-refractivity contribution is 7.98. The third kappa shape index (κ3) is 4.35. The van der Waals surface area contributed by atoms with Crippen molar-refractivity contribution in [1.82, 2.24) is 14.8 Å². The Balaban J connectivity index is 1.75. The average molecular weight is 440 g/mol. The van der Waals surface area contributed by atoms with Crippen molar-refractivity contribution in [3.8, 4) is 17.1 Å². The Labute approximate surface area is 184 Å². The summed E-state index contributed by atoms with van der Waals surface area (Å²) in [6, 6.07) is 22.2. The Morgan fingerprint density at radius 1 is 0.793 bits per heavy atom. The van der Waals surface area contributed by atoms with Crippen LogP contribution in [0.25, 0.3) is 17.1 Å². The van der Waals surface area contributed by atoms with Gasteiger partial charge in [0.05, 0.1) is 0 Å². The normalized spacial score (nSPS) is 11.0. The van der Waals surface area contributed by atoms with Crippen LogP contribution in [0.2, 0.25) is 10.0 Å². The maximum Gasteiger partial charge on any atom is 0.196 e. The molecule has 4 aromatic rings. The van der Waals surface area contributed by atoms with Gasteiger partial charge in [-0.05, 0) is 43.7 Å². The van der Waals surface area contributed by atoms with Crippen molar-refractivity contribution in [3.05, 3.63) is 93.5 Å². The van der Waals surface area contributed by atoms with E-state index < -0.39 is 0 Å². The molecule has 1 heterocycles. The van der Waals surface area contributed by atoms with Gasteiger partial charge in [-0.3, -0.25) is 4.57 Å². The van der Waals surface area contributed by atoms with Crippen molar-refractivity contribution in [2.45, 2.75) is 24.8 Å². The summed E-state index contributed by atoms with van der Waals surface area (Å²) in [5.74, 6) is 1.41. The molecule has 0 saturated carbocycles. The molecule has 1 aromatic heterocycles. The van der Waals surface area contributed by atoms with Crippen molar-refractivity contribution < 1.29 is 0 Å². The van der Waals surface area contributed by atoms with Crippen LogP contribution in [0.5, 0.6) is 0 Å². The first kappa shape index (κ1) is 20.0. The van der Waals surface area contributed by atoms with E-state index >= 15 is 0 Å². The van der Waals surface area contributed by atoms with E-state index in [1.54, 1.807) is 11.8 Å². The number of rotatable bonds is 5. The van der Waals surface area contributed by atoms with E-state index in [2.05, 4.69) is 77.1 Å². The Kier molecular flexibility index (Phi) is 5.95. The van der Waals surface area contributed by atoms with Gasteiger partial charge < -0.3 is 0 Å². The summed E-state index contributed by atoms with van der Waals surface area (Å²) in [4.78, 5) is 0. The molecule has 0 fully saturated rings. The molecule has 0 atom stereocenters. The van der Waals surface area contributed by atoms with Crippen molar-refractivity contribution in [1.29, 1.82) is 0 Å². The van der Waals surface area contributed by atoms with Crippen LogP contribution in [0, 0.1) is 13.8 Å². The number of aryl methyl sites for hydroxylation is 2. The summed E-state index contributed by atoms with van der Waals surface area (Å²) < 4.78 is 2.08. The molecule has 0 amide bonds. The SMILES string of the molecule is Cc1ccc(-c2nnc(SCc3c(Cl)cccc3Cl)n2-c2ccc(C)cc2)cc1. The van der Waals surface area contributed by atoms with E-state index in [0.29, 0.717) is 15.8 Å². The molecule has 29 heavy (non-hydrogen) atoms. The van der Waals surface area contributed by atoms with Crippen LogP contribution in [0.1, 0.15) is 16.7 Å². The highest BCUT2D eigenvalue weighted by atomic mass is 35.5. The highest BCUT2D eigenvalue weighted by Gasteiger charge is 2.17. The fourth-order valence-electron chi connectivity index (χ4n) is 2.99. The number of aromatic nitrogens is 3. The average Bonchev–Trinajstić information content (AvgIpc) is 3.13. The first-order chi connectivity index (χ1) is 14.0. The van der Waals surface area contributed by atoms with E-state index in [-0.39, 0.29) is 0 Å². The molecule has 146 valence electrons. The van der Waals surface area contributed by atoms with Gasteiger partial charge in [0.25, 0.3) is 0 Å². The summed E-state index contributed by atoms with van der Waals surface area (Å²) in [6.45, 7) is 4.15. The topological polar surface area (TPSA) is 30.7 Å². The summed E-state index contributed by atoms with van der Waals surface area (Å²) in [5.41, 5.74) is 5.35. The lowest BCUT2D eigenvalue weighted by Gasteiger charge is -2.12. The van der Waals surface area contributed by atoms with Crippen LogP contribution in [0.4, 0.5) is 0 Å². The molecule has 6 heteroatoms. The molecule has 0 aliphatic heterocycles. The number of nitrogens with zero attached hydrogens (tertiary/aromatic N) is 3. The van der Waals surface area contributed by atoms with Gasteiger partial charge in [-0.15, -0.1) is 10.2 Å². The van der Waals surface area contributed by atoms with E-state index in [0.717, 1.165) is 27.8 Å². The second-order valence-electron chi connectivity index (χ2n) is 6.83. The molecular weight excluding hydrogens is 421 g/mol. The number of benzene rings is 3. The van der Waals surface area contributed by atoms with Crippen LogP contribution in [0.3, 0.4) is 0 Å². The lowest BCUT2D eigenvalue weighted by Crippen LogP contribution is -2.00. The molecule has 0 radical (unpaired) electrons. The molecule has 3 nitrogen and oxygen atoms in total. The maximum atomic E-state index is 6.35. The van der Waals surface area contributed by atoms with Crippen LogP contribution in [0.15, 0.2) is 71.9 Å². The predicted octanol–water partition coefficient (Wildman–Crippen LogP) is 7.15. The first-order valence-electron chi connectivity index (χ1n) is 9.18. The molecule has 0 saturated heterocycles. The van der Waals surface area contributed by atoms with Gasteiger partial charge in [0.1, 0.15) is 0 Å². The molecular formula is C23H19Cl2N3S. The monoisotopic (exact) mass is 439 g/mol. The Bertz CT molecular complexity index is 1120. The summed E-state index contributed by atoms with van der Waals surface area (Å²) in [7, 11) is 0. The van der Waals surface area contributed by atoms with Crippen LogP contribution in [-0.2, 0) is 5.75 Å². The van der Waals surface area contributed by atoms with Crippen molar-refractivity contribution in [2.75, 3.05) is 0 Å². The van der Waals surface area contributed by atoms with Gasteiger partial charge in [0, 0.05) is 27.0 Å². The molecule has 0 aliphatic carbocycles. The predicted molar refractivity (Wildman–Crippen MR) is 122 cm³/mol. The zero-order chi connectivity index (χ0) is 20.4. The van der Waals surface area contributed by atoms with Crippen LogP contribution < -0.4 is 0 Å². The summed E-state index contributed by atoms with van der Waals surface area (Å²) in [6.07, 6.45) is 0. The molecule has 0 aliphatic rings. The molecule has 0 unspecified atom stereocenters. The fourth-order valence-corrected chi connectivity index (χ4v) is 4.68. The van der Waals surface area contributed by atoms with E-state index in [1.807, 2.05) is 18.2 Å². The number of hydrogen-bond acceptors (Lipinski definition) is 3. The van der Waals surface area contributed by atoms with Crippen LogP contribution in [-0.4, -0.2) is 14.8 Å². The molecule has 3 aromatic carbocycles. The lowest BCUT2D eigenvalue weighted by molar-refractivity contribution is 0.885. The zero-order valence-corrected chi connectivity index (χ0v) is 18.4. The number of hydrogen-bond donors (Lipinski definition) is 0. The maximum absolute atomic E-state index is 6.35. The van der Waals surface area contributed by atoms with Crippen molar-refractivity contribution in [3.63, 3.8) is 0 Å². The molecule has 4 rings (SSSR count). The van der Waals surface area contributed by atoms with E-state index in [9.17, 15) is 0 Å². The van der Waals surface area contributed by atoms with Gasteiger partial charge in [0.2, 0.25) is 0 Å². The highest BCUT2D eigenvalue weighted by Crippen LogP contribution is 2.34. The molecule has 0 bridgehead atoms. The fraction of sp³-hybridized carbons (Fsp3) is 0.130. The van der Waals surface area contributed by atoms with Crippen molar-refractivity contribution in [2.24, 2.45) is 0 Å². The minimum Gasteiger partial charge on any atom is -0.270 e. The van der Waals surface area contributed by atoms with Gasteiger partial charge in [-0.1, -0.05) is 88.6 Å². The minimum atomic E-state index is 0.608. The minimum absolute atomic E-state index is 0.608. The van der Waals surface area contributed by atoms with Crippen molar-refractivity contribution >= 4 is 35.0 Å². The smallest absolute Gasteiger partial charge is 0.196 e.